The number of carbonyl (C=O) groups excluding carboxylic acids is 1. The Bertz CT molecular complexity index is 551. The van der Waals surface area contributed by atoms with Gasteiger partial charge in [0.1, 0.15) is 0 Å². The molecule has 0 bridgehead atoms. The molecule has 1 saturated carbocycles. The molecule has 1 aliphatic rings. The summed E-state index contributed by atoms with van der Waals surface area (Å²) in [5, 5.41) is 9.06. The lowest BCUT2D eigenvalue weighted by molar-refractivity contribution is -0.143. The van der Waals surface area contributed by atoms with Crippen molar-refractivity contribution < 1.29 is 27.9 Å². The third kappa shape index (κ3) is 3.62. The van der Waals surface area contributed by atoms with Crippen LogP contribution in [-0.4, -0.2) is 16.9 Å². The van der Waals surface area contributed by atoms with E-state index in [2.05, 4.69) is 0 Å². The second-order valence-corrected chi connectivity index (χ2v) is 5.34. The van der Waals surface area contributed by atoms with E-state index < -0.39 is 29.4 Å². The van der Waals surface area contributed by atoms with Crippen molar-refractivity contribution in [2.75, 3.05) is 0 Å². The monoisotopic (exact) mass is 300 g/mol. The van der Waals surface area contributed by atoms with Crippen LogP contribution in [0.3, 0.4) is 0 Å². The molecule has 114 valence electrons. The largest absolute Gasteiger partial charge is 0.481 e. The maximum absolute atomic E-state index is 12.6. The fourth-order valence-electron chi connectivity index (χ4n) is 2.83. The Hall–Kier alpha value is -1.85. The van der Waals surface area contributed by atoms with E-state index in [9.17, 15) is 22.8 Å². The summed E-state index contributed by atoms with van der Waals surface area (Å²) in [5.41, 5.74) is -0.879. The van der Waals surface area contributed by atoms with E-state index in [-0.39, 0.29) is 17.9 Å². The molecule has 2 rings (SSSR count). The molecule has 0 spiro atoms. The molecule has 0 radical (unpaired) electrons. The summed E-state index contributed by atoms with van der Waals surface area (Å²) < 4.78 is 37.8. The van der Waals surface area contributed by atoms with Gasteiger partial charge in [0.2, 0.25) is 0 Å². The van der Waals surface area contributed by atoms with Crippen LogP contribution in [0.25, 0.3) is 0 Å². The maximum atomic E-state index is 12.6. The van der Waals surface area contributed by atoms with Gasteiger partial charge in [0.25, 0.3) is 0 Å². The summed E-state index contributed by atoms with van der Waals surface area (Å²) in [6, 6.07) is 4.27. The standard InChI is InChI=1S/C15H15F3O3/c16-15(17,18)11-5-1-4-10(7-11)13(19)8-9-3-2-6-12(9)14(20)21/h1,4-5,7,9,12H,2-3,6,8H2,(H,20,21). The average molecular weight is 300 g/mol. The molecule has 1 aromatic carbocycles. The zero-order valence-electron chi connectivity index (χ0n) is 11.2. The van der Waals surface area contributed by atoms with Crippen LogP contribution in [0.15, 0.2) is 24.3 Å². The molecule has 0 aliphatic heterocycles. The van der Waals surface area contributed by atoms with E-state index in [1.165, 1.54) is 12.1 Å². The lowest BCUT2D eigenvalue weighted by Crippen LogP contribution is -2.21. The van der Waals surface area contributed by atoms with Crippen LogP contribution in [0.5, 0.6) is 0 Å². The first-order chi connectivity index (χ1) is 9.79. The minimum Gasteiger partial charge on any atom is -0.481 e. The van der Waals surface area contributed by atoms with Crippen molar-refractivity contribution in [1.29, 1.82) is 0 Å². The number of benzene rings is 1. The van der Waals surface area contributed by atoms with Crippen molar-refractivity contribution in [1.82, 2.24) is 0 Å². The first kappa shape index (κ1) is 15.5. The van der Waals surface area contributed by atoms with E-state index in [1.807, 2.05) is 0 Å². The van der Waals surface area contributed by atoms with Crippen molar-refractivity contribution in [3.63, 3.8) is 0 Å². The minimum atomic E-state index is -4.49. The number of hydrogen-bond acceptors (Lipinski definition) is 2. The Morgan fingerprint density at radius 3 is 2.57 bits per heavy atom. The summed E-state index contributed by atoms with van der Waals surface area (Å²) in [4.78, 5) is 23.1. The molecular formula is C15H15F3O3. The Morgan fingerprint density at radius 2 is 1.95 bits per heavy atom. The van der Waals surface area contributed by atoms with Gasteiger partial charge in [0.15, 0.2) is 5.78 Å². The lowest BCUT2D eigenvalue weighted by Gasteiger charge is -2.15. The third-order valence-corrected chi connectivity index (χ3v) is 3.94. The van der Waals surface area contributed by atoms with Gasteiger partial charge in [-0.25, -0.2) is 0 Å². The second kappa shape index (κ2) is 5.87. The number of alkyl halides is 3. The van der Waals surface area contributed by atoms with Crippen LogP contribution in [-0.2, 0) is 11.0 Å². The van der Waals surface area contributed by atoms with Gasteiger partial charge in [-0.05, 0) is 30.9 Å². The highest BCUT2D eigenvalue weighted by atomic mass is 19.4. The summed E-state index contributed by atoms with van der Waals surface area (Å²) in [6.07, 6.45) is -2.62. The molecule has 6 heteroatoms. The predicted octanol–water partition coefficient (Wildman–Crippen LogP) is 3.78. The zero-order valence-corrected chi connectivity index (χ0v) is 11.2. The number of carboxylic acid groups (broad SMARTS) is 1. The normalized spacial score (nSPS) is 22.2. The number of ketones is 1. The predicted molar refractivity (Wildman–Crippen MR) is 68.9 cm³/mol. The van der Waals surface area contributed by atoms with E-state index in [0.717, 1.165) is 18.6 Å². The molecule has 1 N–H and O–H groups in total. The highest BCUT2D eigenvalue weighted by Crippen LogP contribution is 2.35. The average Bonchev–Trinajstić information content (AvgIpc) is 2.86. The Morgan fingerprint density at radius 1 is 1.24 bits per heavy atom. The Labute approximate surface area is 119 Å². The Balaban J connectivity index is 2.12. The van der Waals surface area contributed by atoms with Crippen molar-refractivity contribution in [3.8, 4) is 0 Å². The molecule has 21 heavy (non-hydrogen) atoms. The van der Waals surface area contributed by atoms with E-state index in [4.69, 9.17) is 5.11 Å². The van der Waals surface area contributed by atoms with Crippen LogP contribution >= 0.6 is 0 Å². The minimum absolute atomic E-state index is 0.0131. The number of carbonyl (C=O) groups is 2. The first-order valence-corrected chi connectivity index (χ1v) is 6.72. The van der Waals surface area contributed by atoms with E-state index >= 15 is 0 Å². The zero-order chi connectivity index (χ0) is 15.6. The van der Waals surface area contributed by atoms with Crippen LogP contribution in [0.4, 0.5) is 13.2 Å². The molecule has 1 fully saturated rings. The summed E-state index contributed by atoms with van der Waals surface area (Å²) in [5.74, 6) is -2.22. The molecule has 2 atom stereocenters. The second-order valence-electron chi connectivity index (χ2n) is 5.34. The van der Waals surface area contributed by atoms with Gasteiger partial charge >= 0.3 is 12.1 Å². The van der Waals surface area contributed by atoms with Crippen LogP contribution in [0.2, 0.25) is 0 Å². The first-order valence-electron chi connectivity index (χ1n) is 6.72. The smallest absolute Gasteiger partial charge is 0.416 e. The van der Waals surface area contributed by atoms with Crippen LogP contribution in [0.1, 0.15) is 41.6 Å². The molecule has 2 unspecified atom stereocenters. The highest BCUT2D eigenvalue weighted by molar-refractivity contribution is 5.96. The molecule has 0 amide bonds. The maximum Gasteiger partial charge on any atom is 0.416 e. The molecule has 1 aliphatic carbocycles. The van der Waals surface area contributed by atoms with Crippen molar-refractivity contribution in [3.05, 3.63) is 35.4 Å². The molecular weight excluding hydrogens is 285 g/mol. The molecule has 0 heterocycles. The van der Waals surface area contributed by atoms with Gasteiger partial charge in [0, 0.05) is 12.0 Å². The van der Waals surface area contributed by atoms with Gasteiger partial charge in [-0.2, -0.15) is 13.2 Å². The van der Waals surface area contributed by atoms with Crippen LogP contribution < -0.4 is 0 Å². The summed E-state index contributed by atoms with van der Waals surface area (Å²) in [7, 11) is 0. The number of rotatable bonds is 4. The number of carboxylic acids is 1. The fourth-order valence-corrected chi connectivity index (χ4v) is 2.83. The van der Waals surface area contributed by atoms with Gasteiger partial charge in [0.05, 0.1) is 11.5 Å². The van der Waals surface area contributed by atoms with Gasteiger partial charge in [-0.1, -0.05) is 18.6 Å². The fraction of sp³-hybridized carbons (Fsp3) is 0.467. The number of halogens is 3. The van der Waals surface area contributed by atoms with Crippen molar-refractivity contribution in [2.24, 2.45) is 11.8 Å². The van der Waals surface area contributed by atoms with E-state index in [0.29, 0.717) is 12.8 Å². The third-order valence-electron chi connectivity index (χ3n) is 3.94. The van der Waals surface area contributed by atoms with E-state index in [1.54, 1.807) is 0 Å². The van der Waals surface area contributed by atoms with Gasteiger partial charge < -0.3 is 5.11 Å². The lowest BCUT2D eigenvalue weighted by atomic mass is 9.89. The summed E-state index contributed by atoms with van der Waals surface area (Å²) >= 11 is 0. The van der Waals surface area contributed by atoms with Gasteiger partial charge in [-0.3, -0.25) is 9.59 Å². The molecule has 0 aromatic heterocycles. The van der Waals surface area contributed by atoms with Gasteiger partial charge in [-0.15, -0.1) is 0 Å². The van der Waals surface area contributed by atoms with Crippen LogP contribution in [0, 0.1) is 11.8 Å². The number of aliphatic carboxylic acids is 1. The quantitative estimate of drug-likeness (QED) is 0.861. The topological polar surface area (TPSA) is 54.4 Å². The summed E-state index contributed by atoms with van der Waals surface area (Å²) in [6.45, 7) is 0. The van der Waals surface area contributed by atoms with Crippen molar-refractivity contribution >= 4 is 11.8 Å². The SMILES string of the molecule is O=C(CC1CCCC1C(=O)O)c1cccc(C(F)(F)F)c1. The van der Waals surface area contributed by atoms with Crippen molar-refractivity contribution in [2.45, 2.75) is 31.9 Å². The molecule has 0 saturated heterocycles. The highest BCUT2D eigenvalue weighted by Gasteiger charge is 2.35. The molecule has 1 aromatic rings. The number of Topliss-reactive ketones (excluding diaryl/α,β-unsaturated/α-hetero) is 1. The molecule has 3 nitrogen and oxygen atoms in total. The number of hydrogen-bond donors (Lipinski definition) is 1. The Kier molecular flexibility index (Phi) is 4.34.